The Hall–Kier alpha value is -3.08. The number of aryl methyl sites for hydroxylation is 1. The Balaban J connectivity index is 0.000000298. The van der Waals surface area contributed by atoms with Crippen LogP contribution in [0.3, 0.4) is 0 Å². The number of rotatable bonds is 4. The molecule has 0 spiro atoms. The van der Waals surface area contributed by atoms with Crippen molar-refractivity contribution in [2.24, 2.45) is 0 Å². The SMILES string of the molecule is Cc1ccc(CN2CCn3cc(Cn4cccn4)nc3C2)o1.O=C(O)C(F)(F)F. The molecule has 0 aliphatic carbocycles. The van der Waals surface area contributed by atoms with Crippen LogP contribution in [0.5, 0.6) is 0 Å². The number of aromatic nitrogens is 4. The Kier molecular flexibility index (Phi) is 6.06. The van der Waals surface area contributed by atoms with E-state index in [4.69, 9.17) is 19.3 Å². The second kappa shape index (κ2) is 8.52. The standard InChI is InChI=1S/C16H19N5O.C2HF3O2/c1-13-3-4-15(22-13)11-19-7-8-20-9-14(18-16(20)12-19)10-21-6-2-5-17-21;3-2(4,5)1(6)7/h2-6,9H,7-8,10-12H2,1H3;(H,6,7). The molecule has 0 radical (unpaired) electrons. The van der Waals surface area contributed by atoms with Crippen molar-refractivity contribution in [3.05, 3.63) is 59.8 Å². The van der Waals surface area contributed by atoms with Crippen LogP contribution in [0.2, 0.25) is 0 Å². The van der Waals surface area contributed by atoms with E-state index >= 15 is 0 Å². The molecule has 3 aromatic rings. The fourth-order valence-electron chi connectivity index (χ4n) is 2.92. The molecule has 29 heavy (non-hydrogen) atoms. The average molecular weight is 411 g/mol. The number of imidazole rings is 1. The average Bonchev–Trinajstić information content (AvgIpc) is 3.36. The highest BCUT2D eigenvalue weighted by molar-refractivity contribution is 5.73. The van der Waals surface area contributed by atoms with Crippen LogP contribution >= 0.6 is 0 Å². The summed E-state index contributed by atoms with van der Waals surface area (Å²) < 4.78 is 41.6. The molecule has 8 nitrogen and oxygen atoms in total. The van der Waals surface area contributed by atoms with Gasteiger partial charge in [0.15, 0.2) is 0 Å². The number of alkyl halides is 3. The number of hydrogen-bond donors (Lipinski definition) is 1. The molecule has 3 aromatic heterocycles. The molecule has 0 bridgehead atoms. The van der Waals surface area contributed by atoms with E-state index < -0.39 is 12.1 Å². The van der Waals surface area contributed by atoms with Crippen molar-refractivity contribution in [1.29, 1.82) is 0 Å². The smallest absolute Gasteiger partial charge is 0.475 e. The number of carbonyl (C=O) groups is 1. The molecule has 0 unspecified atom stereocenters. The van der Waals surface area contributed by atoms with Crippen molar-refractivity contribution < 1.29 is 27.5 Å². The normalized spacial score (nSPS) is 14.2. The van der Waals surface area contributed by atoms with E-state index in [-0.39, 0.29) is 0 Å². The van der Waals surface area contributed by atoms with Gasteiger partial charge in [-0.05, 0) is 25.1 Å². The van der Waals surface area contributed by atoms with Gasteiger partial charge < -0.3 is 14.1 Å². The minimum absolute atomic E-state index is 0.727. The monoisotopic (exact) mass is 411 g/mol. The topological polar surface area (TPSA) is 89.3 Å². The molecule has 4 rings (SSSR count). The van der Waals surface area contributed by atoms with Gasteiger partial charge in [-0.1, -0.05) is 0 Å². The number of halogens is 3. The van der Waals surface area contributed by atoms with Gasteiger partial charge >= 0.3 is 12.1 Å². The number of carboxylic acid groups (broad SMARTS) is 1. The van der Waals surface area contributed by atoms with E-state index in [0.717, 1.165) is 55.8 Å². The van der Waals surface area contributed by atoms with Crippen LogP contribution in [0.1, 0.15) is 23.0 Å². The minimum Gasteiger partial charge on any atom is -0.475 e. The number of hydrogen-bond acceptors (Lipinski definition) is 5. The summed E-state index contributed by atoms with van der Waals surface area (Å²) in [6.07, 6.45) is 0.818. The molecule has 156 valence electrons. The number of fused-ring (bicyclic) bond motifs is 1. The summed E-state index contributed by atoms with van der Waals surface area (Å²) in [6.45, 7) is 6.40. The van der Waals surface area contributed by atoms with Crippen LogP contribution in [0, 0.1) is 6.92 Å². The fraction of sp³-hybridized carbons (Fsp3) is 0.389. The van der Waals surface area contributed by atoms with Crippen LogP contribution in [0.15, 0.2) is 41.2 Å². The third-order valence-corrected chi connectivity index (χ3v) is 4.23. The molecule has 1 N–H and O–H groups in total. The third kappa shape index (κ3) is 5.70. The molecule has 0 fully saturated rings. The Labute approximate surface area is 164 Å². The minimum atomic E-state index is -5.08. The van der Waals surface area contributed by atoms with Crippen LogP contribution in [-0.2, 0) is 31.0 Å². The van der Waals surface area contributed by atoms with Gasteiger partial charge in [-0.15, -0.1) is 0 Å². The molecule has 0 atom stereocenters. The number of carboxylic acids is 1. The maximum Gasteiger partial charge on any atom is 0.490 e. The first-order valence-corrected chi connectivity index (χ1v) is 8.81. The van der Waals surface area contributed by atoms with E-state index in [1.807, 2.05) is 29.9 Å². The van der Waals surface area contributed by atoms with Gasteiger partial charge in [0, 0.05) is 31.7 Å². The summed E-state index contributed by atoms with van der Waals surface area (Å²) in [4.78, 5) is 16.0. The van der Waals surface area contributed by atoms with Crippen LogP contribution in [0.25, 0.3) is 0 Å². The summed E-state index contributed by atoms with van der Waals surface area (Å²) in [5.41, 5.74) is 1.06. The zero-order chi connectivity index (χ0) is 21.0. The molecular formula is C18H20F3N5O3. The largest absolute Gasteiger partial charge is 0.490 e. The van der Waals surface area contributed by atoms with Crippen molar-refractivity contribution >= 4 is 5.97 Å². The Bertz CT molecular complexity index is 947. The van der Waals surface area contributed by atoms with Gasteiger partial charge in [-0.3, -0.25) is 9.58 Å². The van der Waals surface area contributed by atoms with E-state index in [1.54, 1.807) is 6.20 Å². The predicted molar refractivity (Wildman–Crippen MR) is 94.8 cm³/mol. The summed E-state index contributed by atoms with van der Waals surface area (Å²) in [5.74, 6) is 0.355. The maximum atomic E-state index is 10.6. The molecular weight excluding hydrogens is 391 g/mol. The second-order valence-corrected chi connectivity index (χ2v) is 6.57. The molecule has 4 heterocycles. The van der Waals surface area contributed by atoms with Crippen LogP contribution < -0.4 is 0 Å². The predicted octanol–water partition coefficient (Wildman–Crippen LogP) is 2.68. The van der Waals surface area contributed by atoms with Crippen molar-refractivity contribution in [1.82, 2.24) is 24.2 Å². The zero-order valence-corrected chi connectivity index (χ0v) is 15.6. The summed E-state index contributed by atoms with van der Waals surface area (Å²) in [6, 6.07) is 6.01. The second-order valence-electron chi connectivity index (χ2n) is 6.57. The highest BCUT2D eigenvalue weighted by Gasteiger charge is 2.38. The number of furan rings is 1. The molecule has 0 saturated heterocycles. The first kappa shape index (κ1) is 20.6. The Morgan fingerprint density at radius 3 is 2.62 bits per heavy atom. The van der Waals surface area contributed by atoms with E-state index in [1.165, 1.54) is 0 Å². The Morgan fingerprint density at radius 2 is 2.03 bits per heavy atom. The van der Waals surface area contributed by atoms with Gasteiger partial charge in [0.1, 0.15) is 17.3 Å². The van der Waals surface area contributed by atoms with E-state index in [9.17, 15) is 13.2 Å². The van der Waals surface area contributed by atoms with Crippen LogP contribution in [-0.4, -0.2) is 48.0 Å². The first-order valence-electron chi connectivity index (χ1n) is 8.81. The molecule has 11 heteroatoms. The summed E-state index contributed by atoms with van der Waals surface area (Å²) >= 11 is 0. The lowest BCUT2D eigenvalue weighted by Gasteiger charge is -2.26. The van der Waals surface area contributed by atoms with Crippen molar-refractivity contribution in [2.45, 2.75) is 39.3 Å². The number of aliphatic carboxylic acids is 1. The molecule has 1 aliphatic heterocycles. The maximum absolute atomic E-state index is 10.6. The van der Waals surface area contributed by atoms with Gasteiger partial charge in [-0.25, -0.2) is 9.78 Å². The summed E-state index contributed by atoms with van der Waals surface area (Å²) in [7, 11) is 0. The van der Waals surface area contributed by atoms with Gasteiger partial charge in [0.25, 0.3) is 0 Å². The number of nitrogens with zero attached hydrogens (tertiary/aromatic N) is 5. The van der Waals surface area contributed by atoms with Crippen LogP contribution in [0.4, 0.5) is 13.2 Å². The lowest BCUT2D eigenvalue weighted by Crippen LogP contribution is -2.33. The molecule has 0 aromatic carbocycles. The van der Waals surface area contributed by atoms with Crippen molar-refractivity contribution in [3.8, 4) is 0 Å². The fourth-order valence-corrected chi connectivity index (χ4v) is 2.92. The van der Waals surface area contributed by atoms with Crippen molar-refractivity contribution in [3.63, 3.8) is 0 Å². The molecule has 1 aliphatic rings. The third-order valence-electron chi connectivity index (χ3n) is 4.23. The summed E-state index contributed by atoms with van der Waals surface area (Å²) in [5, 5.41) is 11.4. The lowest BCUT2D eigenvalue weighted by atomic mass is 10.3. The first-order chi connectivity index (χ1) is 13.7. The zero-order valence-electron chi connectivity index (χ0n) is 15.6. The molecule has 0 amide bonds. The highest BCUT2D eigenvalue weighted by atomic mass is 19.4. The quantitative estimate of drug-likeness (QED) is 0.710. The van der Waals surface area contributed by atoms with Crippen molar-refractivity contribution in [2.75, 3.05) is 6.54 Å². The Morgan fingerprint density at radius 1 is 1.28 bits per heavy atom. The van der Waals surface area contributed by atoms with E-state index in [0.29, 0.717) is 0 Å². The molecule has 0 saturated carbocycles. The lowest BCUT2D eigenvalue weighted by molar-refractivity contribution is -0.192. The highest BCUT2D eigenvalue weighted by Crippen LogP contribution is 2.17. The van der Waals surface area contributed by atoms with E-state index in [2.05, 4.69) is 26.8 Å². The van der Waals surface area contributed by atoms with Gasteiger partial charge in [0.2, 0.25) is 0 Å². The van der Waals surface area contributed by atoms with Gasteiger partial charge in [0.05, 0.1) is 25.3 Å². The van der Waals surface area contributed by atoms with Gasteiger partial charge in [-0.2, -0.15) is 18.3 Å².